The quantitative estimate of drug-likeness (QED) is 0.770. The molecule has 0 saturated heterocycles. The molecule has 2 rings (SSSR count). The van der Waals surface area contributed by atoms with Crippen LogP contribution >= 0.6 is 11.8 Å². The number of rotatable bonds is 8. The summed E-state index contributed by atoms with van der Waals surface area (Å²) < 4.78 is 0. The molecule has 1 aromatic rings. The van der Waals surface area contributed by atoms with Crippen LogP contribution < -0.4 is 5.32 Å². The summed E-state index contributed by atoms with van der Waals surface area (Å²) in [4.78, 5) is 11.8. The number of carbonyl (C=O) groups is 1. The molecule has 0 aromatic heterocycles. The van der Waals surface area contributed by atoms with Crippen LogP contribution in [-0.4, -0.2) is 29.1 Å². The van der Waals surface area contributed by atoms with Gasteiger partial charge in [-0.15, -0.1) is 11.8 Å². The second-order valence-corrected chi connectivity index (χ2v) is 7.11. The SMILES string of the molecule is O=C(CSCC(O)c1ccccc1)NCCC1CCCCC1. The molecule has 22 heavy (non-hydrogen) atoms. The third-order valence-corrected chi connectivity index (χ3v) is 5.31. The van der Waals surface area contributed by atoms with Crippen LogP contribution in [0, 0.1) is 5.92 Å². The minimum atomic E-state index is -0.499. The summed E-state index contributed by atoms with van der Waals surface area (Å²) in [6, 6.07) is 9.59. The van der Waals surface area contributed by atoms with E-state index in [0.717, 1.165) is 24.4 Å². The van der Waals surface area contributed by atoms with E-state index in [4.69, 9.17) is 0 Å². The van der Waals surface area contributed by atoms with Crippen LogP contribution in [0.1, 0.15) is 50.2 Å². The predicted octanol–water partition coefficient (Wildman–Crippen LogP) is 3.54. The average molecular weight is 321 g/mol. The lowest BCUT2D eigenvalue weighted by atomic mass is 9.87. The van der Waals surface area contributed by atoms with Crippen molar-refractivity contribution in [2.24, 2.45) is 5.92 Å². The molecule has 1 unspecified atom stereocenters. The summed E-state index contributed by atoms with van der Waals surface area (Å²) in [5.41, 5.74) is 0.910. The Hall–Kier alpha value is -1.00. The molecule has 1 amide bonds. The van der Waals surface area contributed by atoms with E-state index in [1.807, 2.05) is 30.3 Å². The average Bonchev–Trinajstić information content (AvgIpc) is 2.56. The van der Waals surface area contributed by atoms with Crippen molar-refractivity contribution >= 4 is 17.7 Å². The van der Waals surface area contributed by atoms with E-state index in [9.17, 15) is 9.90 Å². The smallest absolute Gasteiger partial charge is 0.229 e. The van der Waals surface area contributed by atoms with Crippen LogP contribution in [0.5, 0.6) is 0 Å². The number of aliphatic hydroxyl groups excluding tert-OH is 1. The molecule has 122 valence electrons. The zero-order chi connectivity index (χ0) is 15.6. The third kappa shape index (κ3) is 6.41. The van der Waals surface area contributed by atoms with Crippen LogP contribution in [0.15, 0.2) is 30.3 Å². The maximum Gasteiger partial charge on any atom is 0.229 e. The van der Waals surface area contributed by atoms with Crippen molar-refractivity contribution in [1.29, 1.82) is 0 Å². The Morgan fingerprint density at radius 3 is 2.68 bits per heavy atom. The van der Waals surface area contributed by atoms with Gasteiger partial charge in [-0.2, -0.15) is 0 Å². The summed E-state index contributed by atoms with van der Waals surface area (Å²) in [7, 11) is 0. The Balaban J connectivity index is 1.54. The van der Waals surface area contributed by atoms with Crippen LogP contribution in [0.3, 0.4) is 0 Å². The number of hydrogen-bond acceptors (Lipinski definition) is 3. The fourth-order valence-electron chi connectivity index (χ4n) is 2.98. The van der Waals surface area contributed by atoms with Crippen molar-refractivity contribution in [3.63, 3.8) is 0 Å². The van der Waals surface area contributed by atoms with Gasteiger partial charge in [0.1, 0.15) is 0 Å². The number of amides is 1. The minimum Gasteiger partial charge on any atom is -0.388 e. The number of thioether (sulfide) groups is 1. The summed E-state index contributed by atoms with van der Waals surface area (Å²) >= 11 is 1.49. The molecule has 1 saturated carbocycles. The van der Waals surface area contributed by atoms with Crippen LogP contribution in [0.2, 0.25) is 0 Å². The van der Waals surface area contributed by atoms with E-state index in [0.29, 0.717) is 11.5 Å². The fraction of sp³-hybridized carbons (Fsp3) is 0.611. The van der Waals surface area contributed by atoms with Crippen molar-refractivity contribution in [3.05, 3.63) is 35.9 Å². The van der Waals surface area contributed by atoms with Gasteiger partial charge in [0.2, 0.25) is 5.91 Å². The van der Waals surface area contributed by atoms with Gasteiger partial charge in [0.25, 0.3) is 0 Å². The van der Waals surface area contributed by atoms with E-state index < -0.39 is 6.10 Å². The Labute approximate surface area is 137 Å². The molecule has 0 radical (unpaired) electrons. The molecule has 1 aliphatic rings. The van der Waals surface area contributed by atoms with Crippen molar-refractivity contribution in [1.82, 2.24) is 5.32 Å². The van der Waals surface area contributed by atoms with E-state index in [1.54, 1.807) is 0 Å². The van der Waals surface area contributed by atoms with Crippen molar-refractivity contribution < 1.29 is 9.90 Å². The molecule has 1 atom stereocenters. The molecule has 4 heteroatoms. The first kappa shape index (κ1) is 17.4. The lowest BCUT2D eigenvalue weighted by molar-refractivity contribution is -0.118. The Morgan fingerprint density at radius 2 is 1.95 bits per heavy atom. The lowest BCUT2D eigenvalue weighted by Gasteiger charge is -2.21. The van der Waals surface area contributed by atoms with Gasteiger partial charge in [0, 0.05) is 12.3 Å². The van der Waals surface area contributed by atoms with Gasteiger partial charge in [-0.3, -0.25) is 4.79 Å². The van der Waals surface area contributed by atoms with Crippen molar-refractivity contribution in [2.75, 3.05) is 18.1 Å². The highest BCUT2D eigenvalue weighted by atomic mass is 32.2. The molecular weight excluding hydrogens is 294 g/mol. The second kappa shape index (κ2) is 9.90. The third-order valence-electron chi connectivity index (χ3n) is 4.29. The predicted molar refractivity (Wildman–Crippen MR) is 92.9 cm³/mol. The standard InChI is InChI=1S/C18H27NO2S/c20-17(16-9-5-2-6-10-16)13-22-14-18(21)19-12-11-15-7-3-1-4-8-15/h2,5-6,9-10,15,17,20H,1,3-4,7-8,11-14H2,(H,19,21). The van der Waals surface area contributed by atoms with Gasteiger partial charge < -0.3 is 10.4 Å². The molecular formula is C18H27NO2S. The molecule has 0 spiro atoms. The highest BCUT2D eigenvalue weighted by Crippen LogP contribution is 2.25. The van der Waals surface area contributed by atoms with Gasteiger partial charge >= 0.3 is 0 Å². The lowest BCUT2D eigenvalue weighted by Crippen LogP contribution is -2.28. The fourth-order valence-corrected chi connectivity index (χ4v) is 3.80. The van der Waals surface area contributed by atoms with Crippen LogP contribution in [0.25, 0.3) is 0 Å². The Bertz CT molecular complexity index is 432. The maximum absolute atomic E-state index is 11.8. The normalized spacial score (nSPS) is 17.1. The molecule has 1 fully saturated rings. The van der Waals surface area contributed by atoms with E-state index in [-0.39, 0.29) is 5.91 Å². The number of aliphatic hydroxyl groups is 1. The first-order valence-electron chi connectivity index (χ1n) is 8.33. The minimum absolute atomic E-state index is 0.0843. The molecule has 1 aromatic carbocycles. The molecule has 0 bridgehead atoms. The van der Waals surface area contributed by atoms with Gasteiger partial charge in [0.05, 0.1) is 11.9 Å². The zero-order valence-corrected chi connectivity index (χ0v) is 14.0. The first-order valence-corrected chi connectivity index (χ1v) is 9.48. The van der Waals surface area contributed by atoms with Gasteiger partial charge in [0.15, 0.2) is 0 Å². The number of hydrogen-bond donors (Lipinski definition) is 2. The van der Waals surface area contributed by atoms with E-state index >= 15 is 0 Å². The molecule has 3 nitrogen and oxygen atoms in total. The van der Waals surface area contributed by atoms with Gasteiger partial charge in [-0.25, -0.2) is 0 Å². The summed E-state index contributed by atoms with van der Waals surface area (Å²) in [6.45, 7) is 0.797. The second-order valence-electron chi connectivity index (χ2n) is 6.08. The summed E-state index contributed by atoms with van der Waals surface area (Å²) in [6.07, 6.45) is 7.35. The molecule has 0 heterocycles. The largest absolute Gasteiger partial charge is 0.388 e. The number of carbonyl (C=O) groups excluding carboxylic acids is 1. The molecule has 1 aliphatic carbocycles. The van der Waals surface area contributed by atoms with Gasteiger partial charge in [-0.05, 0) is 17.9 Å². The summed E-state index contributed by atoms with van der Waals surface area (Å²) in [5.74, 6) is 1.87. The number of nitrogens with one attached hydrogen (secondary N) is 1. The monoisotopic (exact) mass is 321 g/mol. The van der Waals surface area contributed by atoms with Crippen LogP contribution in [0.4, 0.5) is 0 Å². The Kier molecular flexibility index (Phi) is 7.81. The van der Waals surface area contributed by atoms with Crippen LogP contribution in [-0.2, 0) is 4.79 Å². The molecule has 2 N–H and O–H groups in total. The van der Waals surface area contributed by atoms with Gasteiger partial charge in [-0.1, -0.05) is 62.4 Å². The van der Waals surface area contributed by atoms with Crippen molar-refractivity contribution in [3.8, 4) is 0 Å². The number of benzene rings is 1. The Morgan fingerprint density at radius 1 is 1.23 bits per heavy atom. The first-order chi connectivity index (χ1) is 10.8. The molecule has 0 aliphatic heterocycles. The maximum atomic E-state index is 11.8. The summed E-state index contributed by atoms with van der Waals surface area (Å²) in [5, 5.41) is 13.0. The highest BCUT2D eigenvalue weighted by Gasteiger charge is 2.13. The zero-order valence-electron chi connectivity index (χ0n) is 13.2. The topological polar surface area (TPSA) is 49.3 Å². The van der Waals surface area contributed by atoms with E-state index in [2.05, 4.69) is 5.32 Å². The highest BCUT2D eigenvalue weighted by molar-refractivity contribution is 7.99. The van der Waals surface area contributed by atoms with E-state index in [1.165, 1.54) is 43.9 Å². The van der Waals surface area contributed by atoms with Crippen molar-refractivity contribution in [2.45, 2.75) is 44.6 Å².